The minimum absolute atomic E-state index is 0.671. The SMILES string of the molecule is c1ccc2cc(-c3nc(-n4c5ccccc5c5c6c7ccccc7n7c8ccc9ccccc9c8c(cc54)c67)nc4ccccc34)ccc2c1. The molecule has 0 unspecified atom stereocenters. The van der Waals surface area contributed by atoms with E-state index in [1.807, 2.05) is 0 Å². The quantitative estimate of drug-likeness (QED) is 0.190. The highest BCUT2D eigenvalue weighted by Gasteiger charge is 2.25. The van der Waals surface area contributed by atoms with Gasteiger partial charge in [0.25, 0.3) is 0 Å². The van der Waals surface area contributed by atoms with Crippen molar-refractivity contribution >= 4 is 92.3 Å². The summed E-state index contributed by atoms with van der Waals surface area (Å²) in [6.45, 7) is 0. The largest absolute Gasteiger partial charge is 0.308 e. The summed E-state index contributed by atoms with van der Waals surface area (Å²) in [6.07, 6.45) is 0. The molecule has 8 aromatic carbocycles. The van der Waals surface area contributed by atoms with Crippen LogP contribution in [-0.2, 0) is 0 Å². The number of fused-ring (bicyclic) bond motifs is 14. The monoisotopic (exact) mass is 634 g/mol. The molecule has 4 nitrogen and oxygen atoms in total. The molecule has 0 atom stereocenters. The van der Waals surface area contributed by atoms with E-state index in [2.05, 4.69) is 167 Å². The van der Waals surface area contributed by atoms with Crippen LogP contribution in [0.4, 0.5) is 0 Å². The molecule has 0 aliphatic carbocycles. The molecule has 0 aliphatic heterocycles. The summed E-state index contributed by atoms with van der Waals surface area (Å²) in [4.78, 5) is 10.8. The van der Waals surface area contributed by atoms with Gasteiger partial charge in [0.05, 0.1) is 38.8 Å². The third-order valence-corrected chi connectivity index (χ3v) is 10.8. The van der Waals surface area contributed by atoms with Gasteiger partial charge in [0.1, 0.15) is 0 Å². The van der Waals surface area contributed by atoms with Crippen molar-refractivity contribution in [3.05, 3.63) is 158 Å². The number of rotatable bonds is 2. The van der Waals surface area contributed by atoms with Gasteiger partial charge in [-0.25, -0.2) is 9.97 Å². The van der Waals surface area contributed by atoms with E-state index in [-0.39, 0.29) is 0 Å². The molecule has 230 valence electrons. The van der Waals surface area contributed by atoms with Crippen LogP contribution in [0.15, 0.2) is 158 Å². The van der Waals surface area contributed by atoms with Crippen molar-refractivity contribution in [1.29, 1.82) is 0 Å². The van der Waals surface area contributed by atoms with Crippen LogP contribution in [0.2, 0.25) is 0 Å². The molecule has 4 heteroatoms. The first kappa shape index (κ1) is 26.2. The summed E-state index contributed by atoms with van der Waals surface area (Å²) in [6, 6.07) is 56.8. The van der Waals surface area contributed by atoms with Crippen molar-refractivity contribution in [3.8, 4) is 17.2 Å². The van der Waals surface area contributed by atoms with Gasteiger partial charge in [-0.05, 0) is 57.9 Å². The topological polar surface area (TPSA) is 35.1 Å². The van der Waals surface area contributed by atoms with Gasteiger partial charge in [-0.1, -0.05) is 121 Å². The van der Waals surface area contributed by atoms with Gasteiger partial charge >= 0.3 is 0 Å². The summed E-state index contributed by atoms with van der Waals surface area (Å²) in [5, 5.41) is 13.4. The minimum atomic E-state index is 0.671. The lowest BCUT2D eigenvalue weighted by Gasteiger charge is -2.12. The molecule has 0 spiro atoms. The van der Waals surface area contributed by atoms with E-state index in [0.29, 0.717) is 5.95 Å². The molecule has 4 aromatic heterocycles. The highest BCUT2D eigenvalue weighted by molar-refractivity contribution is 6.37. The Morgan fingerprint density at radius 3 is 1.90 bits per heavy atom. The second kappa shape index (κ2) is 9.43. The van der Waals surface area contributed by atoms with Crippen LogP contribution < -0.4 is 0 Å². The van der Waals surface area contributed by atoms with Crippen LogP contribution in [0.25, 0.3) is 110 Å². The Hall–Kier alpha value is -6.78. The zero-order valence-electron chi connectivity index (χ0n) is 26.8. The molecule has 50 heavy (non-hydrogen) atoms. The van der Waals surface area contributed by atoms with E-state index < -0.39 is 0 Å². The number of para-hydroxylation sites is 3. The molecule has 12 aromatic rings. The predicted molar refractivity (Wildman–Crippen MR) is 209 cm³/mol. The maximum Gasteiger partial charge on any atom is 0.235 e. The standard InChI is InChI=1S/C46H26N4/c1-2-13-29-25-30(22-21-27(29)11-1)44-32-15-5-8-18-36(32)47-46(48-44)50-38-20-10-6-16-33(38)42-40(50)26-35-41-31-14-4-3-12-28(31)23-24-39(41)49-37-19-9-7-17-34(37)43(42)45(35)49/h1-26H. The highest BCUT2D eigenvalue weighted by atomic mass is 15.2. The fourth-order valence-electron chi connectivity index (χ4n) is 8.72. The van der Waals surface area contributed by atoms with Gasteiger partial charge in [0.15, 0.2) is 0 Å². The van der Waals surface area contributed by atoms with Gasteiger partial charge in [0, 0.05) is 43.3 Å². The zero-order valence-corrected chi connectivity index (χ0v) is 26.8. The molecule has 12 rings (SSSR count). The molecule has 0 bridgehead atoms. The van der Waals surface area contributed by atoms with Crippen molar-refractivity contribution < 1.29 is 0 Å². The third-order valence-electron chi connectivity index (χ3n) is 10.8. The van der Waals surface area contributed by atoms with Gasteiger partial charge in [0.2, 0.25) is 5.95 Å². The lowest BCUT2D eigenvalue weighted by Crippen LogP contribution is -2.03. The second-order valence-electron chi connectivity index (χ2n) is 13.4. The van der Waals surface area contributed by atoms with Crippen LogP contribution in [0.3, 0.4) is 0 Å². The Labute approximate surface area is 285 Å². The first-order valence-corrected chi connectivity index (χ1v) is 17.1. The van der Waals surface area contributed by atoms with E-state index in [9.17, 15) is 0 Å². The van der Waals surface area contributed by atoms with Crippen LogP contribution >= 0.6 is 0 Å². The Bertz CT molecular complexity index is 3380. The van der Waals surface area contributed by atoms with Crippen LogP contribution in [-0.4, -0.2) is 18.9 Å². The Morgan fingerprint density at radius 2 is 1.04 bits per heavy atom. The van der Waals surface area contributed by atoms with Gasteiger partial charge in [-0.15, -0.1) is 0 Å². The minimum Gasteiger partial charge on any atom is -0.308 e. The molecule has 0 amide bonds. The van der Waals surface area contributed by atoms with Crippen molar-refractivity contribution in [1.82, 2.24) is 18.9 Å². The summed E-state index contributed by atoms with van der Waals surface area (Å²) in [5.74, 6) is 0.671. The van der Waals surface area contributed by atoms with Crippen molar-refractivity contribution in [3.63, 3.8) is 0 Å². The zero-order chi connectivity index (χ0) is 32.5. The van der Waals surface area contributed by atoms with E-state index >= 15 is 0 Å². The van der Waals surface area contributed by atoms with Gasteiger partial charge in [-0.2, -0.15) is 0 Å². The Kier molecular flexibility index (Phi) is 4.94. The molecular formula is C46H26N4. The average molecular weight is 635 g/mol. The maximum absolute atomic E-state index is 5.46. The lowest BCUT2D eigenvalue weighted by atomic mass is 9.99. The number of aromatic nitrogens is 4. The molecule has 4 heterocycles. The molecule has 0 saturated heterocycles. The van der Waals surface area contributed by atoms with Crippen LogP contribution in [0, 0.1) is 0 Å². The second-order valence-corrected chi connectivity index (χ2v) is 13.4. The van der Waals surface area contributed by atoms with Crippen molar-refractivity contribution in [2.45, 2.75) is 0 Å². The first-order chi connectivity index (χ1) is 24.8. The molecule has 0 fully saturated rings. The first-order valence-electron chi connectivity index (χ1n) is 17.1. The number of nitrogens with zero attached hydrogens (tertiary/aromatic N) is 4. The predicted octanol–water partition coefficient (Wildman–Crippen LogP) is 11.9. The Morgan fingerprint density at radius 1 is 0.380 bits per heavy atom. The molecular weight excluding hydrogens is 609 g/mol. The Balaban J connectivity index is 1.28. The third kappa shape index (κ3) is 3.30. The number of hydrogen-bond acceptors (Lipinski definition) is 2. The van der Waals surface area contributed by atoms with Crippen molar-refractivity contribution in [2.75, 3.05) is 0 Å². The van der Waals surface area contributed by atoms with Crippen molar-refractivity contribution in [2.24, 2.45) is 0 Å². The molecule has 0 saturated carbocycles. The summed E-state index contributed by atoms with van der Waals surface area (Å²) in [5.41, 5.74) is 8.86. The van der Waals surface area contributed by atoms with Gasteiger partial charge in [-0.3, -0.25) is 4.57 Å². The van der Waals surface area contributed by atoms with Crippen LogP contribution in [0.1, 0.15) is 0 Å². The smallest absolute Gasteiger partial charge is 0.235 e. The summed E-state index contributed by atoms with van der Waals surface area (Å²) < 4.78 is 4.78. The summed E-state index contributed by atoms with van der Waals surface area (Å²) >= 11 is 0. The fraction of sp³-hybridized carbons (Fsp3) is 0. The average Bonchev–Trinajstić information content (AvgIpc) is 3.82. The highest BCUT2D eigenvalue weighted by Crippen LogP contribution is 2.47. The number of hydrogen-bond donors (Lipinski definition) is 0. The summed E-state index contributed by atoms with van der Waals surface area (Å²) in [7, 11) is 0. The molecule has 0 radical (unpaired) electrons. The fourth-order valence-corrected chi connectivity index (χ4v) is 8.72. The van der Waals surface area contributed by atoms with Crippen LogP contribution in [0.5, 0.6) is 0 Å². The van der Waals surface area contributed by atoms with E-state index in [0.717, 1.165) is 33.2 Å². The lowest BCUT2D eigenvalue weighted by molar-refractivity contribution is 1.01. The van der Waals surface area contributed by atoms with Gasteiger partial charge < -0.3 is 4.40 Å². The molecule has 0 aliphatic rings. The maximum atomic E-state index is 5.46. The van der Waals surface area contributed by atoms with E-state index in [4.69, 9.17) is 9.97 Å². The normalized spacial score (nSPS) is 12.4. The molecule has 0 N–H and O–H groups in total. The van der Waals surface area contributed by atoms with E-state index in [1.54, 1.807) is 0 Å². The number of benzene rings is 8. The van der Waals surface area contributed by atoms with E-state index in [1.165, 1.54) is 70.4 Å².